The summed E-state index contributed by atoms with van der Waals surface area (Å²) in [6.45, 7) is 7.61. The van der Waals surface area contributed by atoms with Gasteiger partial charge in [-0.2, -0.15) is 0 Å². The van der Waals surface area contributed by atoms with E-state index in [4.69, 9.17) is 4.74 Å². The van der Waals surface area contributed by atoms with Gasteiger partial charge in [-0.05, 0) is 11.8 Å². The second-order valence-corrected chi connectivity index (χ2v) is 2.87. The van der Waals surface area contributed by atoms with Gasteiger partial charge in [0.05, 0.1) is 0 Å². The van der Waals surface area contributed by atoms with Gasteiger partial charge in [-0.3, -0.25) is 0 Å². The van der Waals surface area contributed by atoms with Crippen molar-refractivity contribution in [1.82, 2.24) is 0 Å². The van der Waals surface area contributed by atoms with Crippen molar-refractivity contribution in [2.24, 2.45) is 11.8 Å². The molecule has 56 valence electrons. The maximum atomic E-state index is 5.06. The molecule has 0 radical (unpaired) electrons. The first-order valence-corrected chi connectivity index (χ1v) is 3.71. The molecule has 9 heavy (non-hydrogen) atoms. The molecule has 1 heteroatoms. The number of rotatable bonds is 4. The molecule has 0 heterocycles. The Hall–Kier alpha value is -0.0400. The molecule has 0 aliphatic carbocycles. The Kier molecular flexibility index (Phi) is 4.78. The summed E-state index contributed by atoms with van der Waals surface area (Å²) in [7, 11) is 1.77. The number of hydrogen-bond acceptors (Lipinski definition) is 1. The summed E-state index contributed by atoms with van der Waals surface area (Å²) < 4.78 is 5.06. The van der Waals surface area contributed by atoms with E-state index in [0.29, 0.717) is 0 Å². The summed E-state index contributed by atoms with van der Waals surface area (Å²) >= 11 is 0. The van der Waals surface area contributed by atoms with E-state index in [-0.39, 0.29) is 0 Å². The minimum absolute atomic E-state index is 0.745. The zero-order chi connectivity index (χ0) is 7.28. The van der Waals surface area contributed by atoms with Crippen molar-refractivity contribution in [3.8, 4) is 0 Å². The van der Waals surface area contributed by atoms with Crippen LogP contribution in [0, 0.1) is 11.8 Å². The minimum Gasteiger partial charge on any atom is -0.384 e. The van der Waals surface area contributed by atoms with Gasteiger partial charge in [0.25, 0.3) is 0 Å². The van der Waals surface area contributed by atoms with Crippen molar-refractivity contribution in [3.05, 3.63) is 0 Å². The van der Waals surface area contributed by atoms with Gasteiger partial charge in [-0.1, -0.05) is 27.2 Å². The Balaban J connectivity index is 3.41. The van der Waals surface area contributed by atoms with Gasteiger partial charge in [0, 0.05) is 13.7 Å². The van der Waals surface area contributed by atoms with E-state index < -0.39 is 0 Å². The molecule has 0 rings (SSSR count). The lowest BCUT2D eigenvalue weighted by Crippen LogP contribution is -2.13. The summed E-state index contributed by atoms with van der Waals surface area (Å²) in [6, 6.07) is 0. The summed E-state index contributed by atoms with van der Waals surface area (Å²) in [5.74, 6) is 1.50. The average molecular weight is 130 g/mol. The maximum Gasteiger partial charge on any atom is 0.0492 e. The van der Waals surface area contributed by atoms with Crippen molar-refractivity contribution in [3.63, 3.8) is 0 Å². The van der Waals surface area contributed by atoms with Crippen molar-refractivity contribution in [1.29, 1.82) is 0 Å². The third-order valence-electron chi connectivity index (χ3n) is 1.85. The summed E-state index contributed by atoms with van der Waals surface area (Å²) in [4.78, 5) is 0. The third-order valence-corrected chi connectivity index (χ3v) is 1.85. The van der Waals surface area contributed by atoms with Crippen LogP contribution in [0.25, 0.3) is 0 Å². The van der Waals surface area contributed by atoms with E-state index in [9.17, 15) is 0 Å². The van der Waals surface area contributed by atoms with Crippen LogP contribution in [0.15, 0.2) is 0 Å². The fourth-order valence-electron chi connectivity index (χ4n) is 0.996. The molecular weight excluding hydrogens is 112 g/mol. The van der Waals surface area contributed by atoms with Crippen LogP contribution in [0.5, 0.6) is 0 Å². The van der Waals surface area contributed by atoms with Crippen molar-refractivity contribution < 1.29 is 4.74 Å². The molecule has 1 atom stereocenters. The van der Waals surface area contributed by atoms with Gasteiger partial charge in [-0.25, -0.2) is 0 Å². The van der Waals surface area contributed by atoms with Gasteiger partial charge in [0.1, 0.15) is 0 Å². The lowest BCUT2D eigenvalue weighted by Gasteiger charge is -2.16. The Bertz CT molecular complexity index is 59.6. The number of ether oxygens (including phenoxy) is 1. The third kappa shape index (κ3) is 3.52. The predicted molar refractivity (Wildman–Crippen MR) is 40.5 cm³/mol. The first-order valence-electron chi connectivity index (χ1n) is 3.71. The molecular formula is C8H18O. The van der Waals surface area contributed by atoms with E-state index in [1.54, 1.807) is 7.11 Å². The van der Waals surface area contributed by atoms with Gasteiger partial charge in [-0.15, -0.1) is 0 Å². The van der Waals surface area contributed by atoms with Crippen LogP contribution in [-0.4, -0.2) is 13.7 Å². The molecule has 0 N–H and O–H groups in total. The Labute approximate surface area is 58.4 Å². The SMILES string of the molecule is CC[C@H](COC)C(C)C. The zero-order valence-electron chi connectivity index (χ0n) is 6.98. The molecule has 0 aliphatic heterocycles. The van der Waals surface area contributed by atoms with Crippen LogP contribution in [-0.2, 0) is 4.74 Å². The van der Waals surface area contributed by atoms with E-state index in [1.807, 2.05) is 0 Å². The van der Waals surface area contributed by atoms with Crippen LogP contribution in [0.2, 0.25) is 0 Å². The number of hydrogen-bond donors (Lipinski definition) is 0. The van der Waals surface area contributed by atoms with E-state index in [0.717, 1.165) is 18.4 Å². The quantitative estimate of drug-likeness (QED) is 0.567. The average Bonchev–Trinajstić information content (AvgIpc) is 1.82. The maximum absolute atomic E-state index is 5.06. The van der Waals surface area contributed by atoms with Gasteiger partial charge >= 0.3 is 0 Å². The van der Waals surface area contributed by atoms with Crippen LogP contribution >= 0.6 is 0 Å². The second-order valence-electron chi connectivity index (χ2n) is 2.87. The molecule has 0 bridgehead atoms. The molecule has 0 aliphatic rings. The fourth-order valence-corrected chi connectivity index (χ4v) is 0.996. The molecule has 0 amide bonds. The second kappa shape index (κ2) is 4.80. The van der Waals surface area contributed by atoms with Crippen LogP contribution < -0.4 is 0 Å². The van der Waals surface area contributed by atoms with Crippen molar-refractivity contribution in [2.75, 3.05) is 13.7 Å². The largest absolute Gasteiger partial charge is 0.384 e. The van der Waals surface area contributed by atoms with Crippen LogP contribution in [0.1, 0.15) is 27.2 Å². The monoisotopic (exact) mass is 130 g/mol. The molecule has 0 saturated carbocycles. The lowest BCUT2D eigenvalue weighted by atomic mass is 9.94. The minimum atomic E-state index is 0.745. The first-order chi connectivity index (χ1) is 4.22. The Morgan fingerprint density at radius 1 is 1.33 bits per heavy atom. The predicted octanol–water partition coefficient (Wildman–Crippen LogP) is 2.32. The Morgan fingerprint density at radius 2 is 1.89 bits per heavy atom. The van der Waals surface area contributed by atoms with Crippen LogP contribution in [0.4, 0.5) is 0 Å². The first kappa shape index (κ1) is 8.96. The van der Waals surface area contributed by atoms with Crippen molar-refractivity contribution >= 4 is 0 Å². The highest BCUT2D eigenvalue weighted by Gasteiger charge is 2.08. The highest BCUT2D eigenvalue weighted by molar-refractivity contribution is 4.58. The molecule has 0 saturated heterocycles. The van der Waals surface area contributed by atoms with Crippen LogP contribution in [0.3, 0.4) is 0 Å². The molecule has 0 unspecified atom stereocenters. The summed E-state index contributed by atoms with van der Waals surface area (Å²) in [5.41, 5.74) is 0. The number of methoxy groups -OCH3 is 1. The molecule has 0 fully saturated rings. The Morgan fingerprint density at radius 3 is 2.00 bits per heavy atom. The molecule has 0 aromatic carbocycles. The standard InChI is InChI=1S/C8H18O/c1-5-8(6-9-4)7(2)3/h7-8H,5-6H2,1-4H3/t8-/m1/s1. The summed E-state index contributed by atoms with van der Waals surface area (Å²) in [5, 5.41) is 0. The topological polar surface area (TPSA) is 9.23 Å². The molecule has 0 aromatic rings. The molecule has 1 nitrogen and oxygen atoms in total. The highest BCUT2D eigenvalue weighted by atomic mass is 16.5. The van der Waals surface area contributed by atoms with Crippen molar-refractivity contribution in [2.45, 2.75) is 27.2 Å². The van der Waals surface area contributed by atoms with E-state index >= 15 is 0 Å². The fraction of sp³-hybridized carbons (Fsp3) is 1.00. The molecule has 0 aromatic heterocycles. The lowest BCUT2D eigenvalue weighted by molar-refractivity contribution is 0.127. The van der Waals surface area contributed by atoms with E-state index in [2.05, 4.69) is 20.8 Å². The van der Waals surface area contributed by atoms with Gasteiger partial charge in [0.2, 0.25) is 0 Å². The highest BCUT2D eigenvalue weighted by Crippen LogP contribution is 2.13. The van der Waals surface area contributed by atoms with Gasteiger partial charge < -0.3 is 4.74 Å². The smallest absolute Gasteiger partial charge is 0.0492 e. The van der Waals surface area contributed by atoms with E-state index in [1.165, 1.54) is 6.42 Å². The normalized spacial score (nSPS) is 14.3. The summed E-state index contributed by atoms with van der Waals surface area (Å²) in [6.07, 6.45) is 1.23. The van der Waals surface area contributed by atoms with Gasteiger partial charge in [0.15, 0.2) is 0 Å². The zero-order valence-corrected chi connectivity index (χ0v) is 6.98. The molecule has 0 spiro atoms.